The third kappa shape index (κ3) is 5.41. The molecule has 0 aliphatic carbocycles. The lowest BCUT2D eigenvalue weighted by Crippen LogP contribution is -2.32. The highest BCUT2D eigenvalue weighted by Crippen LogP contribution is 2.15. The number of amides is 2. The van der Waals surface area contributed by atoms with E-state index in [9.17, 15) is 9.59 Å². The van der Waals surface area contributed by atoms with Gasteiger partial charge in [-0.1, -0.05) is 23.8 Å². The van der Waals surface area contributed by atoms with Gasteiger partial charge in [-0.3, -0.25) is 14.9 Å². The molecule has 3 rings (SSSR count). The van der Waals surface area contributed by atoms with Gasteiger partial charge in [0.15, 0.2) is 0 Å². The Morgan fingerprint density at radius 1 is 1.07 bits per heavy atom. The lowest BCUT2D eigenvalue weighted by atomic mass is 10.1. The largest absolute Gasteiger partial charge is 0.369 e. The van der Waals surface area contributed by atoms with Gasteiger partial charge in [-0.05, 0) is 56.2 Å². The summed E-state index contributed by atoms with van der Waals surface area (Å²) in [5, 5.41) is 8.25. The predicted octanol–water partition coefficient (Wildman–Crippen LogP) is 2.22. The van der Waals surface area contributed by atoms with Crippen molar-refractivity contribution in [2.45, 2.75) is 33.2 Å². The number of guanidine groups is 2. The maximum Gasteiger partial charge on any atom is 0.252 e. The molecule has 8 nitrogen and oxygen atoms in total. The van der Waals surface area contributed by atoms with Crippen LogP contribution in [0.4, 0.5) is 11.4 Å². The Hall–Kier alpha value is -3.68. The second-order valence-electron chi connectivity index (χ2n) is 7.00. The number of carbonyl (C=O) groups excluding carboxylic acids is 2. The molecule has 1 aliphatic rings. The molecule has 2 aromatic carbocycles. The highest BCUT2D eigenvalue weighted by Gasteiger charge is 2.28. The van der Waals surface area contributed by atoms with E-state index in [1.807, 2.05) is 63.2 Å². The Morgan fingerprint density at radius 3 is 2.45 bits per heavy atom. The summed E-state index contributed by atoms with van der Waals surface area (Å²) >= 11 is 0. The number of nitrogens with two attached hydrogens (primary N) is 1. The van der Waals surface area contributed by atoms with E-state index >= 15 is 0 Å². The van der Waals surface area contributed by atoms with E-state index in [1.165, 1.54) is 0 Å². The number of benzene rings is 2. The first-order valence-electron chi connectivity index (χ1n) is 9.24. The molecule has 5 N–H and O–H groups in total. The fourth-order valence-corrected chi connectivity index (χ4v) is 2.76. The molecule has 1 aliphatic heterocycles. The van der Waals surface area contributed by atoms with Crippen LogP contribution >= 0.6 is 0 Å². The summed E-state index contributed by atoms with van der Waals surface area (Å²) in [6, 6.07) is 12.4. The Balaban J connectivity index is 1.60. The SMILES string of the molecule is Cc1ccc(NC(N)=NC2=N[C@H](CC(=O)Nc3ccc(C)c(C)c3)C(=O)N2)cc1. The third-order valence-electron chi connectivity index (χ3n) is 4.54. The molecule has 150 valence electrons. The van der Waals surface area contributed by atoms with Crippen LogP contribution in [0.2, 0.25) is 0 Å². The van der Waals surface area contributed by atoms with Gasteiger partial charge in [-0.15, -0.1) is 0 Å². The van der Waals surface area contributed by atoms with Gasteiger partial charge in [0.05, 0.1) is 6.42 Å². The Morgan fingerprint density at radius 2 is 1.76 bits per heavy atom. The minimum atomic E-state index is -0.840. The molecule has 8 heteroatoms. The first-order valence-corrected chi connectivity index (χ1v) is 9.24. The number of hydrogen-bond donors (Lipinski definition) is 4. The van der Waals surface area contributed by atoms with Crippen LogP contribution in [0.1, 0.15) is 23.1 Å². The number of nitrogens with zero attached hydrogens (tertiary/aromatic N) is 2. The zero-order valence-electron chi connectivity index (χ0n) is 16.6. The lowest BCUT2D eigenvalue weighted by molar-refractivity contribution is -0.123. The van der Waals surface area contributed by atoms with Crippen molar-refractivity contribution in [3.05, 3.63) is 59.2 Å². The Kier molecular flexibility index (Phi) is 5.92. The van der Waals surface area contributed by atoms with Crippen LogP contribution in [-0.2, 0) is 9.59 Å². The molecule has 0 saturated carbocycles. The average molecular weight is 392 g/mol. The first-order chi connectivity index (χ1) is 13.8. The quantitative estimate of drug-likeness (QED) is 0.471. The van der Waals surface area contributed by atoms with Crippen LogP contribution in [0.25, 0.3) is 0 Å². The molecule has 0 spiro atoms. The van der Waals surface area contributed by atoms with E-state index in [0.717, 1.165) is 22.4 Å². The smallest absolute Gasteiger partial charge is 0.252 e. The number of aryl methyl sites for hydroxylation is 3. The lowest BCUT2D eigenvalue weighted by Gasteiger charge is -2.08. The van der Waals surface area contributed by atoms with Crippen LogP contribution in [0.15, 0.2) is 52.4 Å². The molecule has 0 radical (unpaired) electrons. The molecule has 0 bridgehead atoms. The predicted molar refractivity (Wildman–Crippen MR) is 115 cm³/mol. The van der Waals surface area contributed by atoms with Gasteiger partial charge in [0.1, 0.15) is 6.04 Å². The molecule has 1 atom stereocenters. The molecular formula is C21H24N6O2. The number of rotatable bonds is 4. The van der Waals surface area contributed by atoms with Gasteiger partial charge >= 0.3 is 0 Å². The highest BCUT2D eigenvalue weighted by molar-refractivity contribution is 6.11. The van der Waals surface area contributed by atoms with Crippen LogP contribution in [0, 0.1) is 20.8 Å². The number of anilines is 2. The second-order valence-corrected chi connectivity index (χ2v) is 7.00. The molecule has 0 unspecified atom stereocenters. The summed E-state index contributed by atoms with van der Waals surface area (Å²) in [7, 11) is 0. The third-order valence-corrected chi connectivity index (χ3v) is 4.54. The van der Waals surface area contributed by atoms with E-state index in [0.29, 0.717) is 5.69 Å². The summed E-state index contributed by atoms with van der Waals surface area (Å²) in [4.78, 5) is 32.6. The molecule has 29 heavy (non-hydrogen) atoms. The standard InChI is InChI=1S/C21H24N6O2/c1-12-4-7-15(8-5-12)24-20(22)27-21-25-17(19(29)26-21)11-18(28)23-16-9-6-13(2)14(3)10-16/h4-10,17H,11H2,1-3H3,(H,23,28)(H4,22,24,25,26,27,29)/t17-/m1/s1. The van der Waals surface area contributed by atoms with Crippen molar-refractivity contribution in [2.75, 3.05) is 10.6 Å². The van der Waals surface area contributed by atoms with Crippen LogP contribution in [-0.4, -0.2) is 29.8 Å². The Bertz CT molecular complexity index is 995. The van der Waals surface area contributed by atoms with Crippen LogP contribution < -0.4 is 21.7 Å². The molecule has 2 amide bonds. The first kappa shape index (κ1) is 20.1. The van der Waals surface area contributed by atoms with Crippen LogP contribution in [0.3, 0.4) is 0 Å². The summed E-state index contributed by atoms with van der Waals surface area (Å²) < 4.78 is 0. The van der Waals surface area contributed by atoms with Crippen molar-refractivity contribution in [1.29, 1.82) is 0 Å². The van der Waals surface area contributed by atoms with E-state index in [4.69, 9.17) is 5.73 Å². The molecule has 0 saturated heterocycles. The molecule has 0 fully saturated rings. The van der Waals surface area contributed by atoms with E-state index < -0.39 is 6.04 Å². The van der Waals surface area contributed by atoms with Crippen molar-refractivity contribution in [3.8, 4) is 0 Å². The van der Waals surface area contributed by atoms with Crippen LogP contribution in [0.5, 0.6) is 0 Å². The number of aliphatic imine (C=N–C) groups is 2. The van der Waals surface area contributed by atoms with Crippen molar-refractivity contribution in [2.24, 2.45) is 15.7 Å². The van der Waals surface area contributed by atoms with E-state index in [2.05, 4.69) is 25.9 Å². The van der Waals surface area contributed by atoms with E-state index in [1.54, 1.807) is 0 Å². The molecular weight excluding hydrogens is 368 g/mol. The van der Waals surface area contributed by atoms with Crippen molar-refractivity contribution in [3.63, 3.8) is 0 Å². The number of nitrogens with one attached hydrogen (secondary N) is 3. The number of hydrogen-bond acceptors (Lipinski definition) is 4. The van der Waals surface area contributed by atoms with Gasteiger partial charge in [-0.2, -0.15) is 4.99 Å². The highest BCUT2D eigenvalue weighted by atomic mass is 16.2. The van der Waals surface area contributed by atoms with Crippen molar-refractivity contribution >= 4 is 35.1 Å². The van der Waals surface area contributed by atoms with Crippen molar-refractivity contribution in [1.82, 2.24) is 5.32 Å². The zero-order valence-corrected chi connectivity index (χ0v) is 16.6. The normalized spacial score (nSPS) is 16.2. The molecule has 0 aromatic heterocycles. The minimum absolute atomic E-state index is 0.0797. The fourth-order valence-electron chi connectivity index (χ4n) is 2.76. The van der Waals surface area contributed by atoms with Gasteiger partial charge < -0.3 is 16.4 Å². The monoisotopic (exact) mass is 392 g/mol. The topological polar surface area (TPSA) is 121 Å². The zero-order chi connectivity index (χ0) is 21.0. The van der Waals surface area contributed by atoms with Crippen molar-refractivity contribution < 1.29 is 9.59 Å². The Labute approximate surface area is 169 Å². The summed E-state index contributed by atoms with van der Waals surface area (Å²) in [5.41, 5.74) is 10.7. The molecule has 1 heterocycles. The average Bonchev–Trinajstić information content (AvgIpc) is 2.98. The molecule has 2 aromatic rings. The van der Waals surface area contributed by atoms with Gasteiger partial charge in [0.25, 0.3) is 5.91 Å². The minimum Gasteiger partial charge on any atom is -0.369 e. The maximum atomic E-state index is 12.3. The van der Waals surface area contributed by atoms with Gasteiger partial charge in [0, 0.05) is 11.4 Å². The summed E-state index contributed by atoms with van der Waals surface area (Å²) in [6.45, 7) is 5.96. The number of carbonyl (C=O) groups is 2. The second kappa shape index (κ2) is 8.55. The van der Waals surface area contributed by atoms with Gasteiger partial charge in [-0.25, -0.2) is 4.99 Å². The van der Waals surface area contributed by atoms with E-state index in [-0.39, 0.29) is 30.2 Å². The van der Waals surface area contributed by atoms with Gasteiger partial charge in [0.2, 0.25) is 17.8 Å². The summed E-state index contributed by atoms with van der Waals surface area (Å²) in [6.07, 6.45) is -0.0803. The fraction of sp³-hybridized carbons (Fsp3) is 0.238. The summed E-state index contributed by atoms with van der Waals surface area (Å²) in [5.74, 6) is -0.514. The maximum absolute atomic E-state index is 12.3.